The quantitative estimate of drug-likeness (QED) is 0.699. The van der Waals surface area contributed by atoms with Crippen LogP contribution < -0.4 is 0 Å². The Hall–Kier alpha value is -1.74. The highest BCUT2D eigenvalue weighted by Crippen LogP contribution is 2.52. The maximum atomic E-state index is 11.4. The molecule has 2 aromatic carbocycles. The summed E-state index contributed by atoms with van der Waals surface area (Å²) in [6.45, 7) is 0. The first-order valence-electron chi connectivity index (χ1n) is 5.43. The van der Waals surface area contributed by atoms with E-state index >= 15 is 0 Å². The Kier molecular flexibility index (Phi) is 2.58. The molecule has 0 saturated carbocycles. The van der Waals surface area contributed by atoms with Crippen LogP contribution in [0, 0.1) is 0 Å². The summed E-state index contributed by atoms with van der Waals surface area (Å²) < 4.78 is 63.8. The predicted octanol–water partition coefficient (Wildman–Crippen LogP) is 1.83. The van der Waals surface area contributed by atoms with E-state index in [0.717, 1.165) is 0 Å². The summed E-state index contributed by atoms with van der Waals surface area (Å²) >= 11 is 0. The van der Waals surface area contributed by atoms with Crippen LogP contribution in [-0.4, -0.2) is 25.9 Å². The van der Waals surface area contributed by atoms with Gasteiger partial charge in [0.2, 0.25) is 0 Å². The van der Waals surface area contributed by atoms with Crippen LogP contribution in [0.5, 0.6) is 0 Å². The standard InChI is InChI=1S/C12H8O6S2/c13-19(14,15)9-5-1-3-7-8-4-2-6-10(20(16,17)18)12(8)11(7)9/h1-6H,(H,13,14,15)(H,16,17,18). The van der Waals surface area contributed by atoms with Gasteiger partial charge in [-0.1, -0.05) is 24.3 Å². The minimum atomic E-state index is -4.49. The van der Waals surface area contributed by atoms with E-state index in [4.69, 9.17) is 0 Å². The Morgan fingerprint density at radius 3 is 1.30 bits per heavy atom. The molecule has 0 saturated heterocycles. The maximum Gasteiger partial charge on any atom is 0.295 e. The van der Waals surface area contributed by atoms with Crippen molar-refractivity contribution in [1.82, 2.24) is 0 Å². The van der Waals surface area contributed by atoms with Crippen molar-refractivity contribution >= 4 is 20.2 Å². The molecule has 0 aromatic heterocycles. The first-order valence-corrected chi connectivity index (χ1v) is 8.31. The molecule has 0 fully saturated rings. The van der Waals surface area contributed by atoms with Gasteiger partial charge in [-0.25, -0.2) is 0 Å². The number of rotatable bonds is 2. The molecule has 104 valence electrons. The second-order valence-electron chi connectivity index (χ2n) is 4.31. The molecule has 2 aromatic rings. The molecule has 20 heavy (non-hydrogen) atoms. The number of hydrogen-bond acceptors (Lipinski definition) is 4. The van der Waals surface area contributed by atoms with E-state index in [1.54, 1.807) is 12.1 Å². The lowest BCUT2D eigenvalue weighted by Gasteiger charge is -2.27. The van der Waals surface area contributed by atoms with E-state index in [-0.39, 0.29) is 20.9 Å². The fraction of sp³-hybridized carbons (Fsp3) is 0. The molecule has 0 unspecified atom stereocenters. The molecule has 0 aliphatic heterocycles. The van der Waals surface area contributed by atoms with Crippen molar-refractivity contribution in [1.29, 1.82) is 0 Å². The molecule has 2 N–H and O–H groups in total. The van der Waals surface area contributed by atoms with Gasteiger partial charge in [-0.05, 0) is 23.3 Å². The normalized spacial score (nSPS) is 13.3. The smallest absolute Gasteiger partial charge is 0.282 e. The summed E-state index contributed by atoms with van der Waals surface area (Å²) in [6.07, 6.45) is 0. The Morgan fingerprint density at radius 1 is 0.650 bits per heavy atom. The highest BCUT2D eigenvalue weighted by atomic mass is 32.2. The van der Waals surface area contributed by atoms with Crippen LogP contribution in [0.1, 0.15) is 0 Å². The highest BCUT2D eigenvalue weighted by Gasteiger charge is 2.34. The van der Waals surface area contributed by atoms with Gasteiger partial charge in [-0.15, -0.1) is 0 Å². The molecule has 0 bridgehead atoms. The van der Waals surface area contributed by atoms with Crippen molar-refractivity contribution in [3.63, 3.8) is 0 Å². The molecule has 8 heteroatoms. The Bertz CT molecular complexity index is 862. The predicted molar refractivity (Wildman–Crippen MR) is 70.5 cm³/mol. The van der Waals surface area contributed by atoms with Gasteiger partial charge < -0.3 is 0 Å². The molecule has 0 heterocycles. The third-order valence-electron chi connectivity index (χ3n) is 3.15. The van der Waals surface area contributed by atoms with Crippen molar-refractivity contribution in [2.24, 2.45) is 0 Å². The third-order valence-corrected chi connectivity index (χ3v) is 4.94. The Labute approximate surface area is 115 Å². The summed E-state index contributed by atoms with van der Waals surface area (Å²) in [5, 5.41) is 0. The van der Waals surface area contributed by atoms with Crippen LogP contribution in [0.3, 0.4) is 0 Å². The van der Waals surface area contributed by atoms with Gasteiger partial charge in [-0.2, -0.15) is 16.8 Å². The van der Waals surface area contributed by atoms with E-state index in [9.17, 15) is 25.9 Å². The molecule has 0 spiro atoms. The number of benzene rings is 2. The minimum Gasteiger partial charge on any atom is -0.282 e. The van der Waals surface area contributed by atoms with Crippen LogP contribution >= 0.6 is 0 Å². The molecule has 0 radical (unpaired) electrons. The van der Waals surface area contributed by atoms with Gasteiger partial charge in [0.25, 0.3) is 20.2 Å². The second-order valence-corrected chi connectivity index (χ2v) is 7.09. The van der Waals surface area contributed by atoms with Gasteiger partial charge in [0, 0.05) is 11.1 Å². The van der Waals surface area contributed by atoms with Gasteiger partial charge in [0.15, 0.2) is 0 Å². The van der Waals surface area contributed by atoms with E-state index in [1.807, 2.05) is 0 Å². The van der Waals surface area contributed by atoms with Crippen LogP contribution in [0.25, 0.3) is 22.3 Å². The summed E-state index contributed by atoms with van der Waals surface area (Å²) in [5.74, 6) is 0. The largest absolute Gasteiger partial charge is 0.295 e. The summed E-state index contributed by atoms with van der Waals surface area (Å²) in [5.41, 5.74) is 1.25. The van der Waals surface area contributed by atoms with Gasteiger partial charge in [0.05, 0.1) is 0 Å². The van der Waals surface area contributed by atoms with Crippen molar-refractivity contribution in [3.8, 4) is 22.3 Å². The molecule has 1 aliphatic carbocycles. The van der Waals surface area contributed by atoms with Crippen molar-refractivity contribution < 1.29 is 25.9 Å². The molecule has 0 amide bonds. The van der Waals surface area contributed by atoms with E-state index < -0.39 is 20.2 Å². The van der Waals surface area contributed by atoms with Crippen LogP contribution in [0.2, 0.25) is 0 Å². The molecule has 6 nitrogen and oxygen atoms in total. The van der Waals surface area contributed by atoms with Gasteiger partial charge in [-0.3, -0.25) is 9.11 Å². The topological polar surface area (TPSA) is 109 Å². The molecule has 0 atom stereocenters. The number of hydrogen-bond donors (Lipinski definition) is 2. The average molecular weight is 312 g/mol. The monoisotopic (exact) mass is 312 g/mol. The maximum absolute atomic E-state index is 11.4. The second kappa shape index (κ2) is 3.89. The number of fused-ring (bicyclic) bond motifs is 4. The van der Waals surface area contributed by atoms with E-state index in [0.29, 0.717) is 11.1 Å². The Morgan fingerprint density at radius 2 is 1.00 bits per heavy atom. The zero-order valence-corrected chi connectivity index (χ0v) is 11.4. The molecular formula is C12H8O6S2. The van der Waals surface area contributed by atoms with Gasteiger partial charge >= 0.3 is 0 Å². The lowest BCUT2D eigenvalue weighted by atomic mass is 9.81. The van der Waals surface area contributed by atoms with E-state index in [2.05, 4.69) is 0 Å². The van der Waals surface area contributed by atoms with Crippen LogP contribution in [0.15, 0.2) is 46.2 Å². The fourth-order valence-corrected chi connectivity index (χ4v) is 3.84. The first-order chi connectivity index (χ1) is 9.21. The molecular weight excluding hydrogens is 304 g/mol. The van der Waals surface area contributed by atoms with Crippen molar-refractivity contribution in [3.05, 3.63) is 36.4 Å². The lowest BCUT2D eigenvalue weighted by Crippen LogP contribution is -2.12. The highest BCUT2D eigenvalue weighted by molar-refractivity contribution is 7.86. The summed E-state index contributed by atoms with van der Waals surface area (Å²) in [6, 6.07) is 8.48. The fourth-order valence-electron chi connectivity index (χ4n) is 2.39. The third kappa shape index (κ3) is 1.77. The summed E-state index contributed by atoms with van der Waals surface area (Å²) in [4.78, 5) is -0.753. The van der Waals surface area contributed by atoms with Crippen LogP contribution in [-0.2, 0) is 20.2 Å². The van der Waals surface area contributed by atoms with Crippen molar-refractivity contribution in [2.75, 3.05) is 0 Å². The Balaban J connectivity index is 2.41. The summed E-state index contributed by atoms with van der Waals surface area (Å²) in [7, 11) is -8.97. The van der Waals surface area contributed by atoms with Crippen molar-refractivity contribution in [2.45, 2.75) is 9.79 Å². The zero-order chi connectivity index (χ0) is 14.7. The lowest BCUT2D eigenvalue weighted by molar-refractivity contribution is 0.480. The molecule has 3 rings (SSSR count). The minimum absolute atomic E-state index is 0.109. The SMILES string of the molecule is O=S(=O)(O)c1cccc2c1-c1c-2cccc1S(=O)(=O)O. The van der Waals surface area contributed by atoms with E-state index in [1.165, 1.54) is 24.3 Å². The average Bonchev–Trinajstić information content (AvgIpc) is 2.32. The van der Waals surface area contributed by atoms with Gasteiger partial charge in [0.1, 0.15) is 9.79 Å². The zero-order valence-electron chi connectivity index (χ0n) is 9.81. The molecule has 1 aliphatic rings. The van der Waals surface area contributed by atoms with Crippen LogP contribution in [0.4, 0.5) is 0 Å². The first kappa shape index (κ1) is 13.3.